The molecular formula is C18H13Cl2F3N2O2. The van der Waals surface area contributed by atoms with Gasteiger partial charge in [0.1, 0.15) is 0 Å². The first-order chi connectivity index (χ1) is 12.6. The molecule has 0 aliphatic carbocycles. The van der Waals surface area contributed by atoms with Crippen molar-refractivity contribution >= 4 is 40.1 Å². The second-order valence-electron chi connectivity index (χ2n) is 5.96. The molecule has 1 heterocycles. The average Bonchev–Trinajstić information content (AvgIpc) is 2.92. The lowest BCUT2D eigenvalue weighted by molar-refractivity contribution is -0.138. The van der Waals surface area contributed by atoms with Gasteiger partial charge in [-0.2, -0.15) is 18.3 Å². The Balaban J connectivity index is 2.07. The van der Waals surface area contributed by atoms with Crippen molar-refractivity contribution in [2.24, 2.45) is 0 Å². The lowest BCUT2D eigenvalue weighted by Crippen LogP contribution is -2.05. The number of halogens is 5. The van der Waals surface area contributed by atoms with E-state index < -0.39 is 17.7 Å². The number of carboxylic acid groups (broad SMARTS) is 1. The lowest BCUT2D eigenvalue weighted by atomic mass is 10.1. The van der Waals surface area contributed by atoms with Crippen LogP contribution in [0.4, 0.5) is 13.2 Å². The van der Waals surface area contributed by atoms with Crippen LogP contribution in [0.15, 0.2) is 36.4 Å². The number of carboxylic acids is 1. The number of nitrogens with zero attached hydrogens (tertiary/aromatic N) is 2. The highest BCUT2D eigenvalue weighted by Crippen LogP contribution is 2.33. The molecule has 0 unspecified atom stereocenters. The number of alkyl halides is 3. The molecule has 0 aliphatic heterocycles. The normalized spacial score (nSPS) is 11.9. The summed E-state index contributed by atoms with van der Waals surface area (Å²) in [5.74, 6) is -1.05. The van der Waals surface area contributed by atoms with Gasteiger partial charge in [-0.25, -0.2) is 0 Å². The van der Waals surface area contributed by atoms with E-state index in [1.807, 2.05) is 0 Å². The van der Waals surface area contributed by atoms with Crippen LogP contribution in [0.25, 0.3) is 10.9 Å². The Labute approximate surface area is 162 Å². The molecule has 0 amide bonds. The number of carbonyl (C=O) groups is 1. The third-order valence-electron chi connectivity index (χ3n) is 4.07. The van der Waals surface area contributed by atoms with E-state index in [-0.39, 0.29) is 24.8 Å². The molecule has 0 fully saturated rings. The Morgan fingerprint density at radius 1 is 1.15 bits per heavy atom. The molecule has 0 spiro atoms. The molecule has 4 nitrogen and oxygen atoms in total. The van der Waals surface area contributed by atoms with Gasteiger partial charge in [0.15, 0.2) is 0 Å². The highest BCUT2D eigenvalue weighted by molar-refractivity contribution is 6.35. The van der Waals surface area contributed by atoms with Gasteiger partial charge in [0.2, 0.25) is 0 Å². The molecule has 27 heavy (non-hydrogen) atoms. The first-order valence-electron chi connectivity index (χ1n) is 7.87. The number of aliphatic carboxylic acids is 1. The van der Waals surface area contributed by atoms with Gasteiger partial charge in [0.05, 0.1) is 29.7 Å². The largest absolute Gasteiger partial charge is 0.481 e. The molecule has 0 saturated heterocycles. The van der Waals surface area contributed by atoms with E-state index in [0.717, 1.165) is 12.1 Å². The van der Waals surface area contributed by atoms with Crippen molar-refractivity contribution in [3.05, 3.63) is 63.3 Å². The van der Waals surface area contributed by atoms with E-state index in [1.54, 1.807) is 18.2 Å². The van der Waals surface area contributed by atoms with Crippen LogP contribution in [0.1, 0.15) is 23.2 Å². The summed E-state index contributed by atoms with van der Waals surface area (Å²) >= 11 is 12.1. The highest BCUT2D eigenvalue weighted by atomic mass is 35.5. The third-order valence-corrected chi connectivity index (χ3v) is 4.65. The molecule has 3 rings (SSSR count). The van der Waals surface area contributed by atoms with E-state index in [9.17, 15) is 18.0 Å². The average molecular weight is 417 g/mol. The maximum Gasteiger partial charge on any atom is 0.416 e. The molecule has 9 heteroatoms. The van der Waals surface area contributed by atoms with Crippen LogP contribution >= 0.6 is 23.2 Å². The predicted molar refractivity (Wildman–Crippen MR) is 96.3 cm³/mol. The second kappa shape index (κ2) is 7.40. The Bertz CT molecular complexity index is 1020. The fraction of sp³-hybridized carbons (Fsp3) is 0.222. The summed E-state index contributed by atoms with van der Waals surface area (Å²) in [5, 5.41) is 14.4. The number of fused-ring (bicyclic) bond motifs is 1. The fourth-order valence-corrected chi connectivity index (χ4v) is 3.23. The first kappa shape index (κ1) is 19.5. The van der Waals surface area contributed by atoms with Crippen LogP contribution < -0.4 is 0 Å². The van der Waals surface area contributed by atoms with E-state index in [2.05, 4.69) is 5.10 Å². The second-order valence-corrected chi connectivity index (χ2v) is 6.81. The molecule has 1 N–H and O–H groups in total. The van der Waals surface area contributed by atoms with Gasteiger partial charge >= 0.3 is 12.1 Å². The minimum atomic E-state index is -4.50. The molecule has 1 aromatic heterocycles. The Kier molecular flexibility index (Phi) is 5.35. The molecule has 3 aromatic rings. The van der Waals surface area contributed by atoms with Gasteiger partial charge in [0.25, 0.3) is 0 Å². The van der Waals surface area contributed by atoms with Crippen molar-refractivity contribution in [1.82, 2.24) is 9.78 Å². The summed E-state index contributed by atoms with van der Waals surface area (Å²) in [6, 6.07) is 8.24. The Morgan fingerprint density at radius 2 is 1.89 bits per heavy atom. The van der Waals surface area contributed by atoms with Crippen molar-refractivity contribution in [3.63, 3.8) is 0 Å². The summed E-state index contributed by atoms with van der Waals surface area (Å²) in [7, 11) is 0. The number of hydrogen-bond donors (Lipinski definition) is 1. The maximum absolute atomic E-state index is 13.1. The minimum Gasteiger partial charge on any atom is -0.481 e. The zero-order valence-electron chi connectivity index (χ0n) is 13.7. The molecule has 0 bridgehead atoms. The number of rotatable bonds is 5. The summed E-state index contributed by atoms with van der Waals surface area (Å²) in [6.45, 7) is 0.213. The SMILES string of the molecule is O=C(O)CCc1nn(Cc2ccc(Cl)cc2Cl)c2ccc(C(F)(F)F)cc12. The first-order valence-corrected chi connectivity index (χ1v) is 8.63. The molecule has 0 aliphatic rings. The Morgan fingerprint density at radius 3 is 2.52 bits per heavy atom. The van der Waals surface area contributed by atoms with Crippen LogP contribution in [0, 0.1) is 0 Å². The van der Waals surface area contributed by atoms with Gasteiger partial charge in [0, 0.05) is 21.9 Å². The topological polar surface area (TPSA) is 55.1 Å². The van der Waals surface area contributed by atoms with Gasteiger partial charge in [-0.3, -0.25) is 9.48 Å². The molecule has 0 radical (unpaired) electrons. The predicted octanol–water partition coefficient (Wildman–Crippen LogP) is 5.43. The molecular weight excluding hydrogens is 404 g/mol. The van der Waals surface area contributed by atoms with E-state index in [4.69, 9.17) is 28.3 Å². The highest BCUT2D eigenvalue weighted by Gasteiger charge is 2.31. The van der Waals surface area contributed by atoms with Gasteiger partial charge in [-0.1, -0.05) is 29.3 Å². The number of benzene rings is 2. The van der Waals surface area contributed by atoms with Crippen molar-refractivity contribution in [1.29, 1.82) is 0 Å². The van der Waals surface area contributed by atoms with E-state index in [1.165, 1.54) is 10.7 Å². The molecule has 2 aromatic carbocycles. The summed E-state index contributed by atoms with van der Waals surface area (Å²) in [5.41, 5.74) is 0.642. The zero-order chi connectivity index (χ0) is 19.8. The smallest absolute Gasteiger partial charge is 0.416 e. The van der Waals surface area contributed by atoms with Gasteiger partial charge in [-0.15, -0.1) is 0 Å². The molecule has 142 valence electrons. The van der Waals surface area contributed by atoms with Gasteiger partial charge in [-0.05, 0) is 35.9 Å². The van der Waals surface area contributed by atoms with Crippen LogP contribution in [0.2, 0.25) is 10.0 Å². The third kappa shape index (κ3) is 4.36. The summed E-state index contributed by atoms with van der Waals surface area (Å²) < 4.78 is 40.7. The number of aryl methyl sites for hydroxylation is 1. The lowest BCUT2D eigenvalue weighted by Gasteiger charge is -2.08. The fourth-order valence-electron chi connectivity index (χ4n) is 2.76. The monoisotopic (exact) mass is 416 g/mol. The van der Waals surface area contributed by atoms with Crippen LogP contribution in [-0.4, -0.2) is 20.9 Å². The van der Waals surface area contributed by atoms with Crippen molar-refractivity contribution < 1.29 is 23.1 Å². The standard InChI is InChI=1S/C18H13Cl2F3N2O2/c19-12-3-1-10(14(20)8-12)9-25-16-5-2-11(18(21,22)23)7-13(16)15(24-25)4-6-17(26)27/h1-3,5,7-8H,4,6,9H2,(H,26,27). The van der Waals surface area contributed by atoms with Crippen LogP contribution in [0.5, 0.6) is 0 Å². The minimum absolute atomic E-state index is 0.0223. The van der Waals surface area contributed by atoms with Crippen molar-refractivity contribution in [2.75, 3.05) is 0 Å². The summed E-state index contributed by atoms with van der Waals surface area (Å²) in [6.07, 6.45) is -4.71. The van der Waals surface area contributed by atoms with Crippen LogP contribution in [-0.2, 0) is 23.9 Å². The van der Waals surface area contributed by atoms with Gasteiger partial charge < -0.3 is 5.11 Å². The van der Waals surface area contributed by atoms with E-state index in [0.29, 0.717) is 26.8 Å². The Hall–Kier alpha value is -2.25. The molecule has 0 saturated carbocycles. The van der Waals surface area contributed by atoms with Crippen LogP contribution in [0.3, 0.4) is 0 Å². The number of aromatic nitrogens is 2. The van der Waals surface area contributed by atoms with Crippen molar-refractivity contribution in [3.8, 4) is 0 Å². The maximum atomic E-state index is 13.1. The summed E-state index contributed by atoms with van der Waals surface area (Å²) in [4.78, 5) is 10.9. The zero-order valence-corrected chi connectivity index (χ0v) is 15.2. The van der Waals surface area contributed by atoms with Crippen molar-refractivity contribution in [2.45, 2.75) is 25.6 Å². The van der Waals surface area contributed by atoms with E-state index >= 15 is 0 Å². The quantitative estimate of drug-likeness (QED) is 0.603. The number of hydrogen-bond acceptors (Lipinski definition) is 2. The molecule has 0 atom stereocenters.